The summed E-state index contributed by atoms with van der Waals surface area (Å²) in [6.07, 6.45) is 3.30. The molecule has 0 aliphatic carbocycles. The molecule has 1 aromatic heterocycles. The predicted molar refractivity (Wildman–Crippen MR) is 102 cm³/mol. The molecule has 0 saturated carbocycles. The van der Waals surface area contributed by atoms with Crippen LogP contribution in [0, 0.1) is 17.0 Å². The van der Waals surface area contributed by atoms with Crippen molar-refractivity contribution in [3.8, 4) is 0 Å². The summed E-state index contributed by atoms with van der Waals surface area (Å²) in [6.45, 7) is 1.62. The van der Waals surface area contributed by atoms with Gasteiger partial charge in [0, 0.05) is 40.7 Å². The van der Waals surface area contributed by atoms with E-state index in [1.807, 2.05) is 36.4 Å². The summed E-state index contributed by atoms with van der Waals surface area (Å²) in [5, 5.41) is 15.3. The van der Waals surface area contributed by atoms with Crippen molar-refractivity contribution in [2.45, 2.75) is 6.92 Å². The molecule has 0 aliphatic heterocycles. The van der Waals surface area contributed by atoms with Gasteiger partial charge in [-0.25, -0.2) is 5.43 Å². The zero-order valence-corrected chi connectivity index (χ0v) is 14.5. The molecule has 3 aromatic rings. The van der Waals surface area contributed by atoms with Gasteiger partial charge in [0.25, 0.3) is 11.6 Å². The number of rotatable bonds is 5. The fourth-order valence-corrected chi connectivity index (χ4v) is 2.51. The minimum absolute atomic E-state index is 0.109. The van der Waals surface area contributed by atoms with Gasteiger partial charge in [-0.15, -0.1) is 0 Å². The number of nitro benzene ring substituents is 1. The Morgan fingerprint density at radius 3 is 2.44 bits per heavy atom. The van der Waals surface area contributed by atoms with Gasteiger partial charge in [-0.1, -0.05) is 36.4 Å². The van der Waals surface area contributed by atoms with Crippen LogP contribution in [-0.4, -0.2) is 21.5 Å². The van der Waals surface area contributed by atoms with Gasteiger partial charge in [0.05, 0.1) is 10.6 Å². The lowest BCUT2D eigenvalue weighted by atomic mass is 10.0. The highest BCUT2D eigenvalue weighted by atomic mass is 16.6. The summed E-state index contributed by atoms with van der Waals surface area (Å²) in [5.41, 5.74) is 5.10. The van der Waals surface area contributed by atoms with Crippen molar-refractivity contribution in [3.05, 3.63) is 105 Å². The molecule has 7 nitrogen and oxygen atoms in total. The van der Waals surface area contributed by atoms with E-state index in [0.29, 0.717) is 11.3 Å². The average Bonchev–Trinajstić information content (AvgIpc) is 2.70. The van der Waals surface area contributed by atoms with Crippen LogP contribution in [0.3, 0.4) is 0 Å². The molecule has 7 heteroatoms. The maximum Gasteiger partial charge on any atom is 0.273 e. The molecular weight excluding hydrogens is 344 g/mol. The van der Waals surface area contributed by atoms with Crippen LogP contribution in [0.2, 0.25) is 0 Å². The Kier molecular flexibility index (Phi) is 5.32. The summed E-state index contributed by atoms with van der Waals surface area (Å²) in [6, 6.07) is 17.3. The Labute approximate surface area is 155 Å². The van der Waals surface area contributed by atoms with Gasteiger partial charge in [-0.05, 0) is 25.1 Å². The van der Waals surface area contributed by atoms with Crippen LogP contribution in [0.1, 0.15) is 27.0 Å². The number of nitrogens with one attached hydrogen (secondary N) is 1. The van der Waals surface area contributed by atoms with Gasteiger partial charge < -0.3 is 0 Å². The summed E-state index contributed by atoms with van der Waals surface area (Å²) in [7, 11) is 0. The van der Waals surface area contributed by atoms with Gasteiger partial charge >= 0.3 is 0 Å². The number of benzene rings is 2. The lowest BCUT2D eigenvalue weighted by Gasteiger charge is -2.08. The van der Waals surface area contributed by atoms with Crippen molar-refractivity contribution >= 4 is 17.3 Å². The molecule has 0 unspecified atom stereocenters. The van der Waals surface area contributed by atoms with Gasteiger partial charge in [0.1, 0.15) is 0 Å². The largest absolute Gasteiger partial charge is 0.273 e. The number of carbonyl (C=O) groups excluding carboxylic acids is 1. The fourth-order valence-electron chi connectivity index (χ4n) is 2.51. The van der Waals surface area contributed by atoms with E-state index in [1.54, 1.807) is 25.4 Å². The van der Waals surface area contributed by atoms with E-state index in [4.69, 9.17) is 0 Å². The van der Waals surface area contributed by atoms with E-state index >= 15 is 0 Å². The van der Waals surface area contributed by atoms with Crippen LogP contribution in [0.5, 0.6) is 0 Å². The minimum Gasteiger partial charge on any atom is -0.267 e. The second-order valence-electron chi connectivity index (χ2n) is 5.77. The Hall–Kier alpha value is -3.87. The topological polar surface area (TPSA) is 97.5 Å². The normalized spacial score (nSPS) is 11.1. The number of amides is 1. The molecule has 2 aromatic carbocycles. The third-order valence-corrected chi connectivity index (χ3v) is 3.92. The highest BCUT2D eigenvalue weighted by molar-refractivity contribution is 6.13. The van der Waals surface area contributed by atoms with E-state index in [-0.39, 0.29) is 11.3 Å². The van der Waals surface area contributed by atoms with Gasteiger partial charge in [-0.3, -0.25) is 19.9 Å². The monoisotopic (exact) mass is 360 g/mol. The molecule has 27 heavy (non-hydrogen) atoms. The average molecular weight is 360 g/mol. The van der Waals surface area contributed by atoms with Crippen LogP contribution < -0.4 is 5.43 Å². The predicted octanol–water partition coefficient (Wildman–Crippen LogP) is 3.48. The smallest absolute Gasteiger partial charge is 0.267 e. The minimum atomic E-state index is -0.532. The molecule has 0 bridgehead atoms. The van der Waals surface area contributed by atoms with Crippen LogP contribution in [0.25, 0.3) is 0 Å². The molecule has 134 valence electrons. The van der Waals surface area contributed by atoms with E-state index in [2.05, 4.69) is 15.5 Å². The number of aromatic nitrogens is 1. The molecule has 1 amide bonds. The second-order valence-corrected chi connectivity index (χ2v) is 5.77. The van der Waals surface area contributed by atoms with Crippen LogP contribution >= 0.6 is 0 Å². The van der Waals surface area contributed by atoms with Crippen LogP contribution in [-0.2, 0) is 0 Å². The Balaban J connectivity index is 1.92. The molecule has 1 N–H and O–H groups in total. The molecule has 0 atom stereocenters. The first-order chi connectivity index (χ1) is 13.1. The van der Waals surface area contributed by atoms with Gasteiger partial charge in [0.15, 0.2) is 0 Å². The Bertz CT molecular complexity index is 961. The first kappa shape index (κ1) is 17.9. The number of hydrogen-bond donors (Lipinski definition) is 1. The van der Waals surface area contributed by atoms with E-state index in [0.717, 1.165) is 11.1 Å². The Morgan fingerprint density at radius 1 is 1.04 bits per heavy atom. The molecule has 1 heterocycles. The number of pyridine rings is 1. The Morgan fingerprint density at radius 2 is 1.78 bits per heavy atom. The van der Waals surface area contributed by atoms with Crippen LogP contribution in [0.15, 0.2) is 78.2 Å². The highest BCUT2D eigenvalue weighted by Crippen LogP contribution is 2.19. The summed E-state index contributed by atoms with van der Waals surface area (Å²) < 4.78 is 0. The lowest BCUT2D eigenvalue weighted by molar-refractivity contribution is -0.385. The van der Waals surface area contributed by atoms with Crippen molar-refractivity contribution in [3.63, 3.8) is 0 Å². The number of hydrogen-bond acceptors (Lipinski definition) is 5. The number of nitro groups is 1. The van der Waals surface area contributed by atoms with Gasteiger partial charge in [0.2, 0.25) is 0 Å². The summed E-state index contributed by atoms with van der Waals surface area (Å²) in [4.78, 5) is 27.1. The highest BCUT2D eigenvalue weighted by Gasteiger charge is 2.15. The third-order valence-electron chi connectivity index (χ3n) is 3.92. The maximum atomic E-state index is 12.4. The molecule has 3 rings (SSSR count). The molecular formula is C20H16N4O3. The van der Waals surface area contributed by atoms with Gasteiger partial charge in [-0.2, -0.15) is 5.10 Å². The SMILES string of the molecule is Cc1ccc(C(=O)N/N=C(\c2ccccc2)c2cccnc2)cc1[N+](=O)[O-]. The quantitative estimate of drug-likeness (QED) is 0.428. The van der Waals surface area contributed by atoms with Crippen molar-refractivity contribution < 1.29 is 9.72 Å². The van der Waals surface area contributed by atoms with E-state index in [9.17, 15) is 14.9 Å². The molecule has 0 saturated heterocycles. The second kappa shape index (κ2) is 8.01. The van der Waals surface area contributed by atoms with E-state index < -0.39 is 10.8 Å². The summed E-state index contributed by atoms with van der Waals surface area (Å²) >= 11 is 0. The molecule has 0 radical (unpaired) electrons. The lowest BCUT2D eigenvalue weighted by Crippen LogP contribution is -2.21. The number of aryl methyl sites for hydroxylation is 1. The first-order valence-corrected chi connectivity index (χ1v) is 8.15. The molecule has 0 aliphatic rings. The maximum absolute atomic E-state index is 12.4. The summed E-state index contributed by atoms with van der Waals surface area (Å²) in [5.74, 6) is -0.532. The number of carbonyl (C=O) groups is 1. The first-order valence-electron chi connectivity index (χ1n) is 8.15. The number of hydrazone groups is 1. The number of nitrogens with zero attached hydrogens (tertiary/aromatic N) is 3. The van der Waals surface area contributed by atoms with Crippen molar-refractivity contribution in [1.82, 2.24) is 10.4 Å². The third kappa shape index (κ3) is 4.21. The van der Waals surface area contributed by atoms with Crippen molar-refractivity contribution in [2.75, 3.05) is 0 Å². The zero-order valence-electron chi connectivity index (χ0n) is 14.5. The molecule has 0 fully saturated rings. The van der Waals surface area contributed by atoms with Crippen molar-refractivity contribution in [2.24, 2.45) is 5.10 Å². The fraction of sp³-hybridized carbons (Fsp3) is 0.0500. The standard InChI is InChI=1S/C20H16N4O3/c1-14-9-10-16(12-18(14)24(26)27)20(25)23-22-19(15-6-3-2-4-7-15)17-8-5-11-21-13-17/h2-13H,1H3,(H,23,25)/b22-19+. The zero-order chi connectivity index (χ0) is 19.2. The van der Waals surface area contributed by atoms with Crippen molar-refractivity contribution in [1.29, 1.82) is 0 Å². The van der Waals surface area contributed by atoms with E-state index in [1.165, 1.54) is 18.2 Å². The van der Waals surface area contributed by atoms with Crippen LogP contribution in [0.4, 0.5) is 5.69 Å². The molecule has 0 spiro atoms.